The summed E-state index contributed by atoms with van der Waals surface area (Å²) in [6, 6.07) is 82.2. The third-order valence-electron chi connectivity index (χ3n) is 11.8. The Kier molecular flexibility index (Phi) is 7.87. The molecule has 11 aromatic rings. The quantitative estimate of drug-likeness (QED) is 0.0918. The van der Waals surface area contributed by atoms with E-state index in [2.05, 4.69) is 217 Å². The van der Waals surface area contributed by atoms with Crippen molar-refractivity contribution >= 4 is 100 Å². The lowest BCUT2D eigenvalue weighted by Crippen LogP contribution is -2.74. The van der Waals surface area contributed by atoms with E-state index in [4.69, 9.17) is 4.42 Å². The second-order valence-electron chi connectivity index (χ2n) is 14.8. The van der Waals surface area contributed by atoms with E-state index in [0.29, 0.717) is 0 Å². The van der Waals surface area contributed by atoms with Gasteiger partial charge in [0.15, 0.2) is 8.07 Å². The van der Waals surface area contributed by atoms with E-state index in [-0.39, 0.29) is 0 Å². The van der Waals surface area contributed by atoms with E-state index < -0.39 is 8.07 Å². The Morgan fingerprint density at radius 3 is 1.18 bits per heavy atom. The van der Waals surface area contributed by atoms with Crippen molar-refractivity contribution in [2.24, 2.45) is 0 Å². The maximum Gasteiger partial charge on any atom is 0.179 e. The van der Waals surface area contributed by atoms with Gasteiger partial charge in [-0.05, 0) is 95.5 Å². The van der Waals surface area contributed by atoms with Gasteiger partial charge in [-0.1, -0.05) is 176 Å². The SMILES string of the molecule is c1ccc([Si](c2ccccc2)(c2ccccc2)c2ccc(N(c3ccc4c(c3)oc3ccccc34)c3ccc4c5ccccc5c5ccccc5c4c3)cc2)cc1. The zero-order valence-corrected chi connectivity index (χ0v) is 32.2. The second-order valence-corrected chi connectivity index (χ2v) is 18.6. The van der Waals surface area contributed by atoms with E-state index in [1.807, 2.05) is 12.1 Å². The number of nitrogens with zero attached hydrogens (tertiary/aromatic N) is 1. The van der Waals surface area contributed by atoms with Gasteiger partial charge in [-0.2, -0.15) is 0 Å². The van der Waals surface area contributed by atoms with Crippen molar-refractivity contribution in [2.45, 2.75) is 0 Å². The molecule has 0 aliphatic rings. The van der Waals surface area contributed by atoms with Crippen LogP contribution in [-0.2, 0) is 0 Å². The van der Waals surface area contributed by atoms with Crippen LogP contribution in [-0.4, -0.2) is 8.07 Å². The van der Waals surface area contributed by atoms with Gasteiger partial charge in [-0.3, -0.25) is 0 Å². The molecule has 268 valence electrons. The molecule has 0 unspecified atom stereocenters. The molecule has 1 heterocycles. The summed E-state index contributed by atoms with van der Waals surface area (Å²) in [5.41, 5.74) is 4.97. The highest BCUT2D eigenvalue weighted by atomic mass is 28.3. The van der Waals surface area contributed by atoms with Crippen LogP contribution in [0, 0.1) is 0 Å². The highest BCUT2D eigenvalue weighted by Gasteiger charge is 2.41. The van der Waals surface area contributed by atoms with Crippen LogP contribution in [0.25, 0.3) is 54.3 Å². The predicted octanol–water partition coefficient (Wildman–Crippen LogP) is 11.9. The molecule has 0 spiro atoms. The summed E-state index contributed by atoms with van der Waals surface area (Å²) in [6.07, 6.45) is 0. The Morgan fingerprint density at radius 1 is 0.263 bits per heavy atom. The van der Waals surface area contributed by atoms with E-state index in [1.54, 1.807) is 0 Å². The summed E-state index contributed by atoms with van der Waals surface area (Å²) in [4.78, 5) is 2.39. The second kappa shape index (κ2) is 13.5. The molecule has 0 radical (unpaired) electrons. The van der Waals surface area contributed by atoms with Crippen LogP contribution in [0.15, 0.2) is 229 Å². The average molecular weight is 744 g/mol. The molecule has 10 aromatic carbocycles. The smallest absolute Gasteiger partial charge is 0.179 e. The monoisotopic (exact) mass is 743 g/mol. The lowest BCUT2D eigenvalue weighted by molar-refractivity contribution is 0.669. The molecular formula is C54H37NOSi. The largest absolute Gasteiger partial charge is 0.456 e. The molecule has 0 amide bonds. The maximum atomic E-state index is 6.48. The van der Waals surface area contributed by atoms with Crippen molar-refractivity contribution in [3.63, 3.8) is 0 Å². The van der Waals surface area contributed by atoms with Gasteiger partial charge in [0, 0.05) is 33.9 Å². The standard InChI is InChI=1S/C54H37NOSi/c1-4-16-41(17-5-1)57(42-18-6-2-7-19-42,43-20-8-3-9-21-43)44-32-28-38(29-33-44)55(40-31-35-51-50-26-14-15-27-53(50)56-54(51)37-40)39-30-34-49-47-24-11-10-22-45(47)46-23-12-13-25-48(46)52(49)36-39/h1-37H. The molecule has 0 saturated heterocycles. The van der Waals surface area contributed by atoms with Crippen molar-refractivity contribution in [1.82, 2.24) is 0 Å². The van der Waals surface area contributed by atoms with E-state index >= 15 is 0 Å². The van der Waals surface area contributed by atoms with E-state index in [9.17, 15) is 0 Å². The fraction of sp³-hybridized carbons (Fsp3) is 0. The number of benzene rings is 10. The topological polar surface area (TPSA) is 16.4 Å². The lowest BCUT2D eigenvalue weighted by atomic mass is 9.94. The molecule has 0 saturated carbocycles. The number of fused-ring (bicyclic) bond motifs is 9. The average Bonchev–Trinajstić information content (AvgIpc) is 3.66. The fourth-order valence-corrected chi connectivity index (χ4v) is 14.0. The first-order valence-corrected chi connectivity index (χ1v) is 21.6. The molecule has 3 heteroatoms. The Morgan fingerprint density at radius 2 is 0.632 bits per heavy atom. The summed E-state index contributed by atoms with van der Waals surface area (Å²) < 4.78 is 6.48. The molecule has 11 rings (SSSR count). The number of hydrogen-bond donors (Lipinski definition) is 0. The Hall–Kier alpha value is -7.20. The molecule has 2 nitrogen and oxygen atoms in total. The molecule has 0 bridgehead atoms. The minimum Gasteiger partial charge on any atom is -0.456 e. The third kappa shape index (κ3) is 5.31. The zero-order chi connectivity index (χ0) is 37.8. The molecule has 0 aliphatic heterocycles. The normalized spacial score (nSPS) is 11.9. The van der Waals surface area contributed by atoms with Gasteiger partial charge in [-0.25, -0.2) is 0 Å². The number of hydrogen-bond acceptors (Lipinski definition) is 2. The van der Waals surface area contributed by atoms with Crippen LogP contribution in [0.4, 0.5) is 17.1 Å². The number of furan rings is 1. The summed E-state index contributed by atoms with van der Waals surface area (Å²) in [7, 11) is -2.70. The number of anilines is 3. The molecule has 0 N–H and O–H groups in total. The van der Waals surface area contributed by atoms with Crippen molar-refractivity contribution in [1.29, 1.82) is 0 Å². The Bertz CT molecular complexity index is 3100. The summed E-state index contributed by atoms with van der Waals surface area (Å²) in [6.45, 7) is 0. The van der Waals surface area contributed by atoms with Crippen LogP contribution in [0.5, 0.6) is 0 Å². The molecule has 0 atom stereocenters. The molecule has 1 aromatic heterocycles. The van der Waals surface area contributed by atoms with Gasteiger partial charge in [-0.15, -0.1) is 0 Å². The Labute approximate surface area is 332 Å². The van der Waals surface area contributed by atoms with Crippen molar-refractivity contribution in [2.75, 3.05) is 4.90 Å². The van der Waals surface area contributed by atoms with Crippen LogP contribution < -0.4 is 25.6 Å². The van der Waals surface area contributed by atoms with Crippen molar-refractivity contribution in [3.05, 3.63) is 224 Å². The highest BCUT2D eigenvalue weighted by Crippen LogP contribution is 2.42. The first-order valence-electron chi connectivity index (χ1n) is 19.6. The van der Waals surface area contributed by atoms with Gasteiger partial charge in [0.25, 0.3) is 0 Å². The van der Waals surface area contributed by atoms with Gasteiger partial charge in [0.2, 0.25) is 0 Å². The molecule has 0 fully saturated rings. The van der Waals surface area contributed by atoms with Crippen molar-refractivity contribution < 1.29 is 4.42 Å². The van der Waals surface area contributed by atoms with E-state index in [1.165, 1.54) is 53.1 Å². The number of para-hydroxylation sites is 1. The highest BCUT2D eigenvalue weighted by molar-refractivity contribution is 7.19. The Balaban J connectivity index is 1.15. The maximum absolute atomic E-state index is 6.48. The fourth-order valence-electron chi connectivity index (χ4n) is 9.26. The van der Waals surface area contributed by atoms with Gasteiger partial charge in [0.05, 0.1) is 0 Å². The first kappa shape index (κ1) is 33.2. The minimum absolute atomic E-state index is 0.871. The summed E-state index contributed by atoms with van der Waals surface area (Å²) in [5.74, 6) is 0. The van der Waals surface area contributed by atoms with E-state index in [0.717, 1.165) is 39.0 Å². The summed E-state index contributed by atoms with van der Waals surface area (Å²) >= 11 is 0. The third-order valence-corrected chi connectivity index (χ3v) is 16.6. The molecule has 57 heavy (non-hydrogen) atoms. The number of rotatable bonds is 7. The molecule has 0 aliphatic carbocycles. The predicted molar refractivity (Wildman–Crippen MR) is 245 cm³/mol. The van der Waals surface area contributed by atoms with Crippen LogP contribution in [0.3, 0.4) is 0 Å². The van der Waals surface area contributed by atoms with Gasteiger partial charge < -0.3 is 9.32 Å². The van der Waals surface area contributed by atoms with Crippen molar-refractivity contribution in [3.8, 4) is 0 Å². The van der Waals surface area contributed by atoms with Crippen LogP contribution >= 0.6 is 0 Å². The first-order chi connectivity index (χ1) is 28.3. The zero-order valence-electron chi connectivity index (χ0n) is 31.2. The lowest BCUT2D eigenvalue weighted by Gasteiger charge is -2.35. The van der Waals surface area contributed by atoms with Crippen LogP contribution in [0.2, 0.25) is 0 Å². The van der Waals surface area contributed by atoms with Crippen LogP contribution in [0.1, 0.15) is 0 Å². The van der Waals surface area contributed by atoms with Gasteiger partial charge >= 0.3 is 0 Å². The summed E-state index contributed by atoms with van der Waals surface area (Å²) in [5, 5.41) is 15.2. The minimum atomic E-state index is -2.70. The van der Waals surface area contributed by atoms with Gasteiger partial charge in [0.1, 0.15) is 11.2 Å². The molecular weight excluding hydrogens is 707 g/mol.